The minimum atomic E-state index is -0.785. The van der Waals surface area contributed by atoms with Gasteiger partial charge in [-0.3, -0.25) is 9.89 Å². The van der Waals surface area contributed by atoms with Crippen molar-refractivity contribution in [2.75, 3.05) is 11.9 Å². The van der Waals surface area contributed by atoms with Crippen LogP contribution in [0.3, 0.4) is 0 Å². The second-order valence-corrected chi connectivity index (χ2v) is 7.43. The predicted octanol–water partition coefficient (Wildman–Crippen LogP) is 3.67. The molecule has 2 aromatic carbocycles. The van der Waals surface area contributed by atoms with Gasteiger partial charge in [-0.05, 0) is 43.7 Å². The Morgan fingerprint density at radius 3 is 2.66 bits per heavy atom. The van der Waals surface area contributed by atoms with E-state index in [2.05, 4.69) is 20.6 Å². The highest BCUT2D eigenvalue weighted by molar-refractivity contribution is 5.87. The fraction of sp³-hybridized carbons (Fsp3) is 0.174. The summed E-state index contributed by atoms with van der Waals surface area (Å²) in [6.07, 6.45) is -0.661. The van der Waals surface area contributed by atoms with Gasteiger partial charge < -0.3 is 10.4 Å². The lowest BCUT2D eigenvalue weighted by Crippen LogP contribution is -2.21. The topological polar surface area (TPSA) is 95.8 Å². The Balaban J connectivity index is 1.92. The first-order chi connectivity index (χ1) is 15.3. The molecule has 4 rings (SSSR count). The molecule has 0 saturated heterocycles. The van der Waals surface area contributed by atoms with E-state index in [1.807, 2.05) is 19.1 Å². The number of H-pyrrole nitrogens is 1. The van der Waals surface area contributed by atoms with Crippen molar-refractivity contribution < 1.29 is 13.9 Å². The smallest absolute Gasteiger partial charge is 0.271 e. The molecule has 0 aliphatic carbocycles. The maximum absolute atomic E-state index is 14.6. The number of aryl methyl sites for hydroxylation is 1. The van der Waals surface area contributed by atoms with E-state index < -0.39 is 17.7 Å². The third-order valence-electron chi connectivity index (χ3n) is 4.93. The second-order valence-electron chi connectivity index (χ2n) is 7.43. The van der Waals surface area contributed by atoms with Gasteiger partial charge in [0.2, 0.25) is 0 Å². The summed E-state index contributed by atoms with van der Waals surface area (Å²) in [7, 11) is 0. The van der Waals surface area contributed by atoms with Crippen molar-refractivity contribution in [3.8, 4) is 28.2 Å². The average Bonchev–Trinajstić information content (AvgIpc) is 3.17. The molecule has 1 atom stereocenters. The summed E-state index contributed by atoms with van der Waals surface area (Å²) >= 11 is 0. The molecule has 2 aromatic heterocycles. The van der Waals surface area contributed by atoms with Crippen LogP contribution in [0.15, 0.2) is 59.4 Å². The summed E-state index contributed by atoms with van der Waals surface area (Å²) in [4.78, 5) is 12.6. The van der Waals surface area contributed by atoms with Crippen LogP contribution < -0.4 is 10.9 Å². The van der Waals surface area contributed by atoms with Crippen LogP contribution in [-0.2, 0) is 0 Å². The third-order valence-corrected chi connectivity index (χ3v) is 4.93. The van der Waals surface area contributed by atoms with Crippen molar-refractivity contribution in [3.05, 3.63) is 82.1 Å². The van der Waals surface area contributed by atoms with Crippen molar-refractivity contribution in [1.29, 1.82) is 0 Å². The zero-order valence-corrected chi connectivity index (χ0v) is 17.4. The first-order valence-electron chi connectivity index (χ1n) is 9.97. The highest BCUT2D eigenvalue weighted by Crippen LogP contribution is 2.36. The highest BCUT2D eigenvalue weighted by Gasteiger charge is 2.22. The molecule has 4 aromatic rings. The number of hydrogen-bond donors (Lipinski definition) is 3. The first kappa shape index (κ1) is 21.4. The van der Waals surface area contributed by atoms with Gasteiger partial charge in [0.05, 0.1) is 23.0 Å². The number of rotatable bonds is 6. The summed E-state index contributed by atoms with van der Waals surface area (Å²) < 4.78 is 29.3. The van der Waals surface area contributed by atoms with Crippen LogP contribution in [0.5, 0.6) is 0 Å². The zero-order chi connectivity index (χ0) is 22.8. The Hall–Kier alpha value is -3.85. The Morgan fingerprint density at radius 2 is 1.94 bits per heavy atom. The molecule has 0 saturated carbocycles. The fourth-order valence-electron chi connectivity index (χ4n) is 3.36. The number of para-hydroxylation sites is 1. The summed E-state index contributed by atoms with van der Waals surface area (Å²) in [6, 6.07) is 13.4. The summed E-state index contributed by atoms with van der Waals surface area (Å²) in [6.45, 7) is 3.67. The van der Waals surface area contributed by atoms with E-state index in [0.29, 0.717) is 22.8 Å². The average molecular weight is 437 g/mol. The monoisotopic (exact) mass is 437 g/mol. The van der Waals surface area contributed by atoms with Gasteiger partial charge in [0.1, 0.15) is 23.1 Å². The zero-order valence-electron chi connectivity index (χ0n) is 17.4. The second kappa shape index (κ2) is 8.72. The summed E-state index contributed by atoms with van der Waals surface area (Å²) in [5.74, 6) is -1.11. The van der Waals surface area contributed by atoms with Crippen LogP contribution in [0.1, 0.15) is 12.5 Å². The number of aromatic amines is 1. The van der Waals surface area contributed by atoms with Crippen molar-refractivity contribution >= 4 is 5.82 Å². The number of aromatic nitrogens is 4. The molecule has 0 amide bonds. The molecule has 32 heavy (non-hydrogen) atoms. The standard InChI is InChI=1S/C23H21F2N5O2/c1-13-5-3-4-6-19(13)30-20(32)10-9-18(29-30)21-22(16-8-7-15(24)11-17(16)25)27-28-23(21)26-12-14(2)31/h3-11,14,31H,12H2,1-2H3,(H2,26,27,28)/t14-/m0/s1. The van der Waals surface area contributed by atoms with Crippen LogP contribution in [0.25, 0.3) is 28.2 Å². The number of aliphatic hydroxyl groups excluding tert-OH is 1. The largest absolute Gasteiger partial charge is 0.392 e. The summed E-state index contributed by atoms with van der Waals surface area (Å²) in [5, 5.41) is 24.2. The Kier molecular flexibility index (Phi) is 5.83. The van der Waals surface area contributed by atoms with E-state index in [0.717, 1.165) is 17.7 Å². The molecule has 0 aliphatic heterocycles. The number of nitrogens with one attached hydrogen (secondary N) is 2. The van der Waals surface area contributed by atoms with Crippen molar-refractivity contribution in [2.45, 2.75) is 20.0 Å². The molecule has 2 heterocycles. The lowest BCUT2D eigenvalue weighted by molar-refractivity contribution is 0.208. The van der Waals surface area contributed by atoms with Gasteiger partial charge in [-0.1, -0.05) is 18.2 Å². The van der Waals surface area contributed by atoms with Crippen molar-refractivity contribution in [1.82, 2.24) is 20.0 Å². The fourth-order valence-corrected chi connectivity index (χ4v) is 3.36. The van der Waals surface area contributed by atoms with E-state index in [9.17, 15) is 18.7 Å². The van der Waals surface area contributed by atoms with Gasteiger partial charge in [0, 0.05) is 24.2 Å². The molecular weight excluding hydrogens is 416 g/mol. The minimum absolute atomic E-state index is 0.0678. The van der Waals surface area contributed by atoms with Gasteiger partial charge in [-0.2, -0.15) is 14.9 Å². The van der Waals surface area contributed by atoms with Crippen molar-refractivity contribution in [3.63, 3.8) is 0 Å². The maximum atomic E-state index is 14.6. The number of nitrogens with zero attached hydrogens (tertiary/aromatic N) is 3. The maximum Gasteiger partial charge on any atom is 0.271 e. The molecule has 0 fully saturated rings. The molecular formula is C23H21F2N5O2. The predicted molar refractivity (Wildman–Crippen MR) is 118 cm³/mol. The SMILES string of the molecule is Cc1ccccc1-n1nc(-c2c(-c3ccc(F)cc3F)n[nH]c2NC[C@H](C)O)ccc1=O. The molecule has 7 nitrogen and oxygen atoms in total. The van der Waals surface area contributed by atoms with Gasteiger partial charge in [-0.15, -0.1) is 0 Å². The van der Waals surface area contributed by atoms with E-state index >= 15 is 0 Å². The van der Waals surface area contributed by atoms with Crippen LogP contribution >= 0.6 is 0 Å². The lowest BCUT2D eigenvalue weighted by Gasteiger charge is -2.12. The van der Waals surface area contributed by atoms with Crippen LogP contribution in [0, 0.1) is 18.6 Å². The molecule has 0 spiro atoms. The van der Waals surface area contributed by atoms with E-state index in [-0.39, 0.29) is 23.4 Å². The Bertz CT molecular complexity index is 1330. The molecule has 0 aliphatic rings. The van der Waals surface area contributed by atoms with E-state index in [1.165, 1.54) is 22.9 Å². The molecule has 3 N–H and O–H groups in total. The van der Waals surface area contributed by atoms with Crippen LogP contribution in [-0.4, -0.2) is 37.7 Å². The van der Waals surface area contributed by atoms with E-state index in [1.54, 1.807) is 19.1 Å². The number of hydrogen-bond acceptors (Lipinski definition) is 5. The quantitative estimate of drug-likeness (QED) is 0.428. The van der Waals surface area contributed by atoms with Gasteiger partial charge >= 0.3 is 0 Å². The minimum Gasteiger partial charge on any atom is -0.392 e. The summed E-state index contributed by atoms with van der Waals surface area (Å²) in [5.41, 5.74) is 2.11. The molecule has 9 heteroatoms. The van der Waals surface area contributed by atoms with Crippen LogP contribution in [0.4, 0.5) is 14.6 Å². The van der Waals surface area contributed by atoms with Crippen LogP contribution in [0.2, 0.25) is 0 Å². The van der Waals surface area contributed by atoms with Gasteiger partial charge in [0.15, 0.2) is 0 Å². The third kappa shape index (κ3) is 4.15. The number of aliphatic hydroxyl groups is 1. The highest BCUT2D eigenvalue weighted by atomic mass is 19.1. The number of benzene rings is 2. The Labute approximate surface area is 182 Å². The van der Waals surface area contributed by atoms with Gasteiger partial charge in [0.25, 0.3) is 5.56 Å². The number of halogens is 2. The molecule has 164 valence electrons. The Morgan fingerprint density at radius 1 is 1.16 bits per heavy atom. The molecule has 0 radical (unpaired) electrons. The van der Waals surface area contributed by atoms with E-state index in [4.69, 9.17) is 0 Å². The van der Waals surface area contributed by atoms with Gasteiger partial charge in [-0.25, -0.2) is 8.78 Å². The number of anilines is 1. The van der Waals surface area contributed by atoms with Crippen molar-refractivity contribution in [2.24, 2.45) is 0 Å². The lowest BCUT2D eigenvalue weighted by atomic mass is 10.0. The normalized spacial score (nSPS) is 12.0. The molecule has 0 unspecified atom stereocenters. The first-order valence-corrected chi connectivity index (χ1v) is 9.97. The molecule has 0 bridgehead atoms.